The second-order valence-corrected chi connectivity index (χ2v) is 8.03. The van der Waals surface area contributed by atoms with Crippen molar-refractivity contribution in [2.75, 3.05) is 19.8 Å². The van der Waals surface area contributed by atoms with Gasteiger partial charge in [-0.1, -0.05) is 30.3 Å². The largest absolute Gasteiger partial charge is 0.489 e. The number of thiophene rings is 1. The van der Waals surface area contributed by atoms with E-state index in [0.29, 0.717) is 19.8 Å². The molecule has 0 aliphatic carbocycles. The summed E-state index contributed by atoms with van der Waals surface area (Å²) in [4.78, 5) is 12.1. The molecule has 3 aromatic rings. The highest BCUT2D eigenvalue weighted by Gasteiger charge is 2.42. The molecule has 0 unspecified atom stereocenters. The fourth-order valence-corrected chi connectivity index (χ4v) is 4.24. The Morgan fingerprint density at radius 3 is 2.59 bits per heavy atom. The van der Waals surface area contributed by atoms with Gasteiger partial charge in [0.25, 0.3) is 0 Å². The van der Waals surface area contributed by atoms with Crippen molar-refractivity contribution in [3.05, 3.63) is 76.7 Å². The van der Waals surface area contributed by atoms with E-state index >= 15 is 0 Å². The van der Waals surface area contributed by atoms with Crippen molar-refractivity contribution < 1.29 is 24.1 Å². The molecule has 1 fully saturated rings. The van der Waals surface area contributed by atoms with Gasteiger partial charge >= 0.3 is 5.97 Å². The fraction of sp³-hybridized carbons (Fsp3) is 0.261. The molecule has 0 saturated carbocycles. The van der Waals surface area contributed by atoms with E-state index in [9.17, 15) is 4.79 Å². The molecule has 1 aliphatic heterocycles. The van der Waals surface area contributed by atoms with Crippen LogP contribution in [0.5, 0.6) is 5.75 Å². The summed E-state index contributed by atoms with van der Waals surface area (Å²) in [5, 5.41) is 11.0. The van der Waals surface area contributed by atoms with E-state index in [-0.39, 0.29) is 6.61 Å². The number of aliphatic carboxylic acids is 1. The Kier molecular flexibility index (Phi) is 5.67. The van der Waals surface area contributed by atoms with Crippen molar-refractivity contribution in [1.82, 2.24) is 0 Å². The maximum Gasteiger partial charge on any atom is 0.329 e. The number of hydrogen-bond acceptors (Lipinski definition) is 5. The van der Waals surface area contributed by atoms with Crippen LogP contribution in [0.4, 0.5) is 0 Å². The van der Waals surface area contributed by atoms with Crippen LogP contribution >= 0.6 is 11.3 Å². The lowest BCUT2D eigenvalue weighted by Gasteiger charge is -2.41. The summed E-state index contributed by atoms with van der Waals surface area (Å²) >= 11 is 1.74. The zero-order valence-electron chi connectivity index (χ0n) is 16.1. The van der Waals surface area contributed by atoms with E-state index in [1.54, 1.807) is 11.3 Å². The summed E-state index contributed by atoms with van der Waals surface area (Å²) in [6.45, 7) is 2.96. The topological polar surface area (TPSA) is 65.0 Å². The minimum Gasteiger partial charge on any atom is -0.489 e. The predicted molar refractivity (Wildman–Crippen MR) is 111 cm³/mol. The first-order chi connectivity index (χ1) is 14.1. The van der Waals surface area contributed by atoms with Gasteiger partial charge in [0, 0.05) is 4.88 Å². The van der Waals surface area contributed by atoms with Crippen LogP contribution in [-0.4, -0.2) is 30.9 Å². The highest BCUT2D eigenvalue weighted by Crippen LogP contribution is 2.35. The molecule has 4 rings (SSSR count). The Balaban J connectivity index is 1.41. The number of hydrogen-bond donors (Lipinski definition) is 1. The molecule has 150 valence electrons. The molecule has 5 nitrogen and oxygen atoms in total. The summed E-state index contributed by atoms with van der Waals surface area (Å²) < 4.78 is 16.8. The number of ether oxygens (including phenoxy) is 3. The van der Waals surface area contributed by atoms with Crippen molar-refractivity contribution in [3.63, 3.8) is 0 Å². The van der Waals surface area contributed by atoms with Gasteiger partial charge in [-0.05, 0) is 58.8 Å². The van der Waals surface area contributed by atoms with Crippen LogP contribution in [0, 0.1) is 6.92 Å². The molecule has 2 heterocycles. The van der Waals surface area contributed by atoms with Crippen LogP contribution < -0.4 is 4.74 Å². The second-order valence-electron chi connectivity index (χ2n) is 7.12. The monoisotopic (exact) mass is 410 g/mol. The van der Waals surface area contributed by atoms with E-state index in [1.165, 1.54) is 16.0 Å². The first-order valence-corrected chi connectivity index (χ1v) is 10.2. The van der Waals surface area contributed by atoms with Gasteiger partial charge in [-0.25, -0.2) is 4.79 Å². The maximum absolute atomic E-state index is 10.8. The lowest BCUT2D eigenvalue weighted by Crippen LogP contribution is -2.49. The Hall–Kier alpha value is -2.67. The number of carboxylic acids is 1. The smallest absolute Gasteiger partial charge is 0.329 e. The van der Waals surface area contributed by atoms with E-state index in [0.717, 1.165) is 16.9 Å². The Bertz CT molecular complexity index is 989. The average Bonchev–Trinajstić information content (AvgIpc) is 3.12. The molecular weight excluding hydrogens is 388 g/mol. The predicted octanol–water partition coefficient (Wildman–Crippen LogP) is 4.63. The van der Waals surface area contributed by atoms with Crippen LogP contribution in [0.2, 0.25) is 0 Å². The molecule has 1 aromatic heterocycles. The van der Waals surface area contributed by atoms with Crippen LogP contribution in [-0.2, 0) is 26.5 Å². The molecule has 2 aromatic carbocycles. The molecule has 0 spiro atoms. The van der Waals surface area contributed by atoms with Gasteiger partial charge in [0.05, 0.1) is 13.2 Å². The van der Waals surface area contributed by atoms with Gasteiger partial charge in [0.15, 0.2) is 0 Å². The highest BCUT2D eigenvalue weighted by atomic mass is 32.1. The van der Waals surface area contributed by atoms with Gasteiger partial charge in [-0.3, -0.25) is 0 Å². The van der Waals surface area contributed by atoms with E-state index in [4.69, 9.17) is 19.3 Å². The van der Waals surface area contributed by atoms with Gasteiger partial charge < -0.3 is 19.3 Å². The number of carbonyl (C=O) groups is 1. The molecule has 0 bridgehead atoms. The van der Waals surface area contributed by atoms with E-state index in [1.807, 2.05) is 24.3 Å². The van der Waals surface area contributed by atoms with Crippen molar-refractivity contribution in [3.8, 4) is 16.2 Å². The van der Waals surface area contributed by atoms with Crippen molar-refractivity contribution >= 4 is 17.3 Å². The maximum atomic E-state index is 10.8. The third kappa shape index (κ3) is 4.34. The van der Waals surface area contributed by atoms with Crippen molar-refractivity contribution in [2.45, 2.75) is 19.1 Å². The highest BCUT2D eigenvalue weighted by molar-refractivity contribution is 7.13. The van der Waals surface area contributed by atoms with Gasteiger partial charge in [0.1, 0.15) is 24.6 Å². The number of rotatable bonds is 8. The van der Waals surface area contributed by atoms with Crippen LogP contribution in [0.25, 0.3) is 10.4 Å². The Morgan fingerprint density at radius 2 is 1.97 bits per heavy atom. The van der Waals surface area contributed by atoms with Gasteiger partial charge in [-0.15, -0.1) is 11.3 Å². The van der Waals surface area contributed by atoms with E-state index < -0.39 is 11.6 Å². The molecule has 29 heavy (non-hydrogen) atoms. The summed E-state index contributed by atoms with van der Waals surface area (Å²) in [7, 11) is 0. The SMILES string of the molecule is Cc1ccsc1-c1cccc(COc2ccc(C3(OCC(=O)O)COC3)cc2)c1. The first-order valence-electron chi connectivity index (χ1n) is 9.36. The van der Waals surface area contributed by atoms with Crippen LogP contribution in [0.15, 0.2) is 60.0 Å². The Labute approximate surface area is 173 Å². The van der Waals surface area contributed by atoms with Gasteiger partial charge in [0.2, 0.25) is 0 Å². The zero-order chi connectivity index (χ0) is 20.3. The van der Waals surface area contributed by atoms with Crippen molar-refractivity contribution in [1.29, 1.82) is 0 Å². The molecule has 0 atom stereocenters. The zero-order valence-corrected chi connectivity index (χ0v) is 16.9. The summed E-state index contributed by atoms with van der Waals surface area (Å²) in [6.07, 6.45) is 0. The molecule has 1 aliphatic rings. The molecule has 0 amide bonds. The minimum atomic E-state index is -0.990. The standard InChI is InChI=1S/C23H22O5S/c1-16-9-10-29-22(16)18-4-2-3-17(11-18)12-27-20-7-5-19(6-8-20)23(14-26-15-23)28-13-21(24)25/h2-11H,12-15H2,1H3,(H,24,25). The number of aryl methyl sites for hydroxylation is 1. The lowest BCUT2D eigenvalue weighted by atomic mass is 9.91. The lowest BCUT2D eigenvalue weighted by molar-refractivity contribution is -0.220. The number of carboxylic acid groups (broad SMARTS) is 1. The van der Waals surface area contributed by atoms with Crippen LogP contribution in [0.1, 0.15) is 16.7 Å². The third-order valence-electron chi connectivity index (χ3n) is 4.98. The first kappa shape index (κ1) is 19.6. The third-order valence-corrected chi connectivity index (χ3v) is 6.05. The minimum absolute atomic E-state index is 0.346. The second kappa shape index (κ2) is 8.37. The van der Waals surface area contributed by atoms with Crippen LogP contribution in [0.3, 0.4) is 0 Å². The van der Waals surface area contributed by atoms with Gasteiger partial charge in [-0.2, -0.15) is 0 Å². The summed E-state index contributed by atoms with van der Waals surface area (Å²) in [5.74, 6) is -0.240. The van der Waals surface area contributed by atoms with E-state index in [2.05, 4.69) is 42.6 Å². The normalized spacial score (nSPS) is 14.9. The summed E-state index contributed by atoms with van der Waals surface area (Å²) in [5.41, 5.74) is 3.81. The average molecular weight is 410 g/mol. The molecular formula is C23H22O5S. The number of benzene rings is 2. The summed E-state index contributed by atoms with van der Waals surface area (Å²) in [6, 6.07) is 18.1. The molecule has 0 radical (unpaired) electrons. The molecule has 1 saturated heterocycles. The quantitative estimate of drug-likeness (QED) is 0.587. The Morgan fingerprint density at radius 1 is 1.17 bits per heavy atom. The fourth-order valence-electron chi connectivity index (χ4n) is 3.31. The molecule has 6 heteroatoms. The van der Waals surface area contributed by atoms with Crippen molar-refractivity contribution in [2.24, 2.45) is 0 Å². The molecule has 1 N–H and O–H groups in total.